The molecular formula is C12H10N6OS. The summed E-state index contributed by atoms with van der Waals surface area (Å²) in [6.45, 7) is 1.82. The molecule has 0 saturated carbocycles. The van der Waals surface area contributed by atoms with Crippen molar-refractivity contribution in [1.82, 2.24) is 25.2 Å². The van der Waals surface area contributed by atoms with Crippen LogP contribution in [0.2, 0.25) is 0 Å². The van der Waals surface area contributed by atoms with E-state index in [1.54, 1.807) is 10.9 Å². The second-order valence-electron chi connectivity index (χ2n) is 3.96. The Bertz CT molecular complexity index is 735. The second kappa shape index (κ2) is 5.17. The SMILES string of the molecule is Cc1nnc(NC(=O)c2cn(-c3ccccc3)nn2)s1. The first-order valence-corrected chi connectivity index (χ1v) is 6.63. The van der Waals surface area contributed by atoms with Crippen LogP contribution < -0.4 is 5.32 Å². The maximum atomic E-state index is 12.0. The van der Waals surface area contributed by atoms with Gasteiger partial charge in [0, 0.05) is 0 Å². The third-order valence-corrected chi connectivity index (χ3v) is 3.25. The molecular weight excluding hydrogens is 276 g/mol. The average Bonchev–Trinajstić information content (AvgIpc) is 3.09. The van der Waals surface area contributed by atoms with Crippen molar-refractivity contribution in [3.8, 4) is 5.69 Å². The maximum absolute atomic E-state index is 12.0. The zero-order valence-corrected chi connectivity index (χ0v) is 11.3. The minimum Gasteiger partial charge on any atom is -0.295 e. The van der Waals surface area contributed by atoms with Crippen LogP contribution in [0.4, 0.5) is 5.13 Å². The Morgan fingerprint density at radius 2 is 2.00 bits per heavy atom. The standard InChI is InChI=1S/C12H10N6OS/c1-8-14-16-12(20-8)13-11(19)10-7-18(17-15-10)9-5-3-2-4-6-9/h2-7H,1H3,(H,13,16,19). The number of carbonyl (C=O) groups excluding carboxylic acids is 1. The molecule has 100 valence electrons. The number of benzene rings is 1. The number of nitrogens with one attached hydrogen (secondary N) is 1. The van der Waals surface area contributed by atoms with Crippen molar-refractivity contribution in [2.75, 3.05) is 5.32 Å². The van der Waals surface area contributed by atoms with Gasteiger partial charge in [0.1, 0.15) is 5.01 Å². The van der Waals surface area contributed by atoms with E-state index < -0.39 is 0 Å². The van der Waals surface area contributed by atoms with Gasteiger partial charge in [0.25, 0.3) is 5.91 Å². The van der Waals surface area contributed by atoms with E-state index in [-0.39, 0.29) is 11.6 Å². The Kier molecular flexibility index (Phi) is 3.21. The van der Waals surface area contributed by atoms with E-state index in [2.05, 4.69) is 25.8 Å². The number of hydrogen-bond acceptors (Lipinski definition) is 6. The van der Waals surface area contributed by atoms with E-state index in [1.807, 2.05) is 37.3 Å². The van der Waals surface area contributed by atoms with Gasteiger partial charge in [-0.2, -0.15) is 0 Å². The fraction of sp³-hybridized carbons (Fsp3) is 0.0833. The zero-order chi connectivity index (χ0) is 13.9. The highest BCUT2D eigenvalue weighted by atomic mass is 32.1. The minimum absolute atomic E-state index is 0.224. The van der Waals surface area contributed by atoms with E-state index in [9.17, 15) is 4.79 Å². The summed E-state index contributed by atoms with van der Waals surface area (Å²) in [5.41, 5.74) is 1.06. The van der Waals surface area contributed by atoms with E-state index >= 15 is 0 Å². The summed E-state index contributed by atoms with van der Waals surface area (Å²) in [5.74, 6) is -0.358. The van der Waals surface area contributed by atoms with Crippen LogP contribution in [0.25, 0.3) is 5.69 Å². The van der Waals surface area contributed by atoms with Crippen molar-refractivity contribution < 1.29 is 4.79 Å². The number of nitrogens with zero attached hydrogens (tertiary/aromatic N) is 5. The Labute approximate surface area is 118 Å². The van der Waals surface area contributed by atoms with Crippen molar-refractivity contribution in [1.29, 1.82) is 0 Å². The van der Waals surface area contributed by atoms with Gasteiger partial charge in [-0.1, -0.05) is 34.7 Å². The molecule has 3 rings (SSSR count). The van der Waals surface area contributed by atoms with Gasteiger partial charge in [0.05, 0.1) is 11.9 Å². The molecule has 0 bridgehead atoms. The predicted octanol–water partition coefficient (Wildman–Crippen LogP) is 1.68. The minimum atomic E-state index is -0.358. The van der Waals surface area contributed by atoms with E-state index in [0.717, 1.165) is 10.7 Å². The topological polar surface area (TPSA) is 85.6 Å². The van der Waals surface area contributed by atoms with E-state index in [1.165, 1.54) is 11.3 Å². The molecule has 20 heavy (non-hydrogen) atoms. The van der Waals surface area contributed by atoms with Gasteiger partial charge >= 0.3 is 0 Å². The molecule has 1 N–H and O–H groups in total. The van der Waals surface area contributed by atoms with Crippen LogP contribution in [0.1, 0.15) is 15.5 Å². The monoisotopic (exact) mass is 286 g/mol. The van der Waals surface area contributed by atoms with Gasteiger partial charge in [-0.3, -0.25) is 10.1 Å². The van der Waals surface area contributed by atoms with Crippen molar-refractivity contribution in [2.45, 2.75) is 6.92 Å². The van der Waals surface area contributed by atoms with Crippen molar-refractivity contribution in [3.05, 3.63) is 47.2 Å². The van der Waals surface area contributed by atoms with Crippen LogP contribution in [0.5, 0.6) is 0 Å². The van der Waals surface area contributed by atoms with Gasteiger partial charge in [-0.25, -0.2) is 4.68 Å². The Morgan fingerprint density at radius 1 is 1.20 bits per heavy atom. The highest BCUT2D eigenvalue weighted by molar-refractivity contribution is 7.15. The summed E-state index contributed by atoms with van der Waals surface area (Å²) in [4.78, 5) is 12.0. The number of anilines is 1. The summed E-state index contributed by atoms with van der Waals surface area (Å²) in [6, 6.07) is 9.45. The van der Waals surface area contributed by atoms with E-state index in [0.29, 0.717) is 5.13 Å². The number of aromatic nitrogens is 5. The molecule has 0 aliphatic carbocycles. The van der Waals surface area contributed by atoms with Crippen molar-refractivity contribution in [3.63, 3.8) is 0 Å². The quantitative estimate of drug-likeness (QED) is 0.791. The molecule has 2 aromatic heterocycles. The number of rotatable bonds is 3. The molecule has 0 saturated heterocycles. The number of aryl methyl sites for hydroxylation is 1. The molecule has 7 nitrogen and oxygen atoms in total. The molecule has 0 aliphatic heterocycles. The fourth-order valence-electron chi connectivity index (χ4n) is 1.58. The molecule has 0 unspecified atom stereocenters. The molecule has 3 aromatic rings. The third kappa shape index (κ3) is 2.54. The first-order valence-electron chi connectivity index (χ1n) is 5.81. The average molecular weight is 286 g/mol. The van der Waals surface area contributed by atoms with Crippen LogP contribution in [-0.4, -0.2) is 31.1 Å². The first kappa shape index (κ1) is 12.4. The summed E-state index contributed by atoms with van der Waals surface area (Å²) in [5, 5.41) is 19.3. The smallest absolute Gasteiger partial charge is 0.279 e. The Balaban J connectivity index is 1.78. The van der Waals surface area contributed by atoms with Crippen LogP contribution in [0, 0.1) is 6.92 Å². The first-order chi connectivity index (χ1) is 9.72. The maximum Gasteiger partial charge on any atom is 0.279 e. The third-order valence-electron chi connectivity index (χ3n) is 2.49. The molecule has 0 spiro atoms. The van der Waals surface area contributed by atoms with E-state index in [4.69, 9.17) is 0 Å². The number of amides is 1. The normalized spacial score (nSPS) is 10.4. The van der Waals surface area contributed by atoms with Gasteiger partial charge in [0.2, 0.25) is 5.13 Å². The number of para-hydroxylation sites is 1. The van der Waals surface area contributed by atoms with Crippen LogP contribution in [0.15, 0.2) is 36.5 Å². The van der Waals surface area contributed by atoms with Crippen LogP contribution >= 0.6 is 11.3 Å². The summed E-state index contributed by atoms with van der Waals surface area (Å²) in [6.07, 6.45) is 1.57. The van der Waals surface area contributed by atoms with Gasteiger partial charge in [-0.05, 0) is 19.1 Å². The second-order valence-corrected chi connectivity index (χ2v) is 5.15. The lowest BCUT2D eigenvalue weighted by Gasteiger charge is -1.97. The summed E-state index contributed by atoms with van der Waals surface area (Å²) in [7, 11) is 0. The van der Waals surface area contributed by atoms with Crippen LogP contribution in [0.3, 0.4) is 0 Å². The molecule has 0 radical (unpaired) electrons. The fourth-order valence-corrected chi connectivity index (χ4v) is 2.17. The van der Waals surface area contributed by atoms with Gasteiger partial charge in [0.15, 0.2) is 5.69 Å². The highest BCUT2D eigenvalue weighted by Gasteiger charge is 2.13. The summed E-state index contributed by atoms with van der Waals surface area (Å²) < 4.78 is 1.54. The lowest BCUT2D eigenvalue weighted by molar-refractivity contribution is 0.102. The van der Waals surface area contributed by atoms with Crippen molar-refractivity contribution >= 4 is 22.4 Å². The molecule has 0 fully saturated rings. The Hall–Kier alpha value is -2.61. The Morgan fingerprint density at radius 3 is 2.70 bits per heavy atom. The molecule has 0 atom stereocenters. The zero-order valence-electron chi connectivity index (χ0n) is 10.5. The largest absolute Gasteiger partial charge is 0.295 e. The van der Waals surface area contributed by atoms with Crippen LogP contribution in [-0.2, 0) is 0 Å². The molecule has 8 heteroatoms. The van der Waals surface area contributed by atoms with Gasteiger partial charge in [-0.15, -0.1) is 15.3 Å². The molecule has 1 aromatic carbocycles. The molecule has 2 heterocycles. The predicted molar refractivity (Wildman–Crippen MR) is 74.0 cm³/mol. The number of carbonyl (C=O) groups is 1. The lowest BCUT2D eigenvalue weighted by atomic mass is 10.3. The van der Waals surface area contributed by atoms with Gasteiger partial charge < -0.3 is 0 Å². The highest BCUT2D eigenvalue weighted by Crippen LogP contribution is 2.14. The number of hydrogen-bond donors (Lipinski definition) is 1. The molecule has 1 amide bonds. The summed E-state index contributed by atoms with van der Waals surface area (Å²) >= 11 is 1.30. The molecule has 0 aliphatic rings. The lowest BCUT2D eigenvalue weighted by Crippen LogP contribution is -2.12. The van der Waals surface area contributed by atoms with Crippen molar-refractivity contribution in [2.24, 2.45) is 0 Å².